The number of hydrogen-bond donors (Lipinski definition) is 0. The lowest BCUT2D eigenvalue weighted by Crippen LogP contribution is -1.99. The second-order valence-corrected chi connectivity index (χ2v) is 4.52. The first-order valence-electron chi connectivity index (χ1n) is 4.74. The van der Waals surface area contributed by atoms with Gasteiger partial charge in [0.05, 0.1) is 23.5 Å². The van der Waals surface area contributed by atoms with Gasteiger partial charge in [-0.3, -0.25) is 4.68 Å². The van der Waals surface area contributed by atoms with Crippen molar-refractivity contribution in [1.29, 1.82) is 0 Å². The smallest absolute Gasteiger partial charge is 0.168 e. The fourth-order valence-electron chi connectivity index (χ4n) is 1.26. The Kier molecular flexibility index (Phi) is 3.50. The molecular weight excluding hydrogens is 246 g/mol. The van der Waals surface area contributed by atoms with E-state index in [4.69, 9.17) is 11.6 Å². The summed E-state index contributed by atoms with van der Waals surface area (Å²) < 4.78 is 3.76. The molecule has 0 radical (unpaired) electrons. The van der Waals surface area contributed by atoms with E-state index in [2.05, 4.69) is 15.1 Å². The van der Waals surface area contributed by atoms with Gasteiger partial charge in [0.25, 0.3) is 0 Å². The van der Waals surface area contributed by atoms with Gasteiger partial charge in [0, 0.05) is 14.1 Å². The van der Waals surface area contributed by atoms with Crippen LogP contribution in [0, 0.1) is 0 Å². The van der Waals surface area contributed by atoms with Gasteiger partial charge in [-0.05, 0) is 0 Å². The normalized spacial score (nSPS) is 10.9. The molecule has 2 aromatic rings. The molecule has 2 rings (SSSR count). The maximum absolute atomic E-state index is 5.77. The van der Waals surface area contributed by atoms with Crippen LogP contribution in [0.5, 0.6) is 0 Å². The van der Waals surface area contributed by atoms with Crippen LogP contribution < -0.4 is 0 Å². The maximum Gasteiger partial charge on any atom is 0.168 e. The van der Waals surface area contributed by atoms with E-state index in [0.717, 1.165) is 22.4 Å². The van der Waals surface area contributed by atoms with Crippen LogP contribution in [0.2, 0.25) is 0 Å². The monoisotopic (exact) mass is 257 g/mol. The Balaban J connectivity index is 2.05. The van der Waals surface area contributed by atoms with Gasteiger partial charge in [0.2, 0.25) is 0 Å². The van der Waals surface area contributed by atoms with E-state index < -0.39 is 0 Å². The van der Waals surface area contributed by atoms with Crippen molar-refractivity contribution in [2.45, 2.75) is 16.8 Å². The Labute approximate surface area is 103 Å². The van der Waals surface area contributed by atoms with Gasteiger partial charge >= 0.3 is 0 Å². The van der Waals surface area contributed by atoms with Gasteiger partial charge in [0.1, 0.15) is 12.2 Å². The number of nitrogens with zero attached hydrogens (tertiary/aromatic N) is 5. The number of imidazole rings is 1. The molecule has 0 N–H and O–H groups in total. The zero-order chi connectivity index (χ0) is 11.5. The molecule has 0 aliphatic heterocycles. The fraction of sp³-hybridized carbons (Fsp3) is 0.444. The second kappa shape index (κ2) is 4.88. The highest BCUT2D eigenvalue weighted by atomic mass is 35.5. The van der Waals surface area contributed by atoms with Crippen LogP contribution in [0.25, 0.3) is 0 Å². The Morgan fingerprint density at radius 1 is 1.38 bits per heavy atom. The van der Waals surface area contributed by atoms with E-state index >= 15 is 0 Å². The molecule has 0 saturated heterocycles. The van der Waals surface area contributed by atoms with Crippen LogP contribution in [0.4, 0.5) is 0 Å². The summed E-state index contributed by atoms with van der Waals surface area (Å²) in [7, 11) is 3.84. The summed E-state index contributed by atoms with van der Waals surface area (Å²) in [5, 5.41) is 4.96. The van der Waals surface area contributed by atoms with Crippen LogP contribution in [0.3, 0.4) is 0 Å². The first-order chi connectivity index (χ1) is 7.72. The molecule has 2 heterocycles. The molecule has 0 spiro atoms. The Morgan fingerprint density at radius 3 is 2.75 bits per heavy atom. The average Bonchev–Trinajstić information content (AvgIpc) is 2.83. The van der Waals surface area contributed by atoms with Crippen molar-refractivity contribution in [1.82, 2.24) is 24.3 Å². The molecule has 86 valence electrons. The fourth-order valence-corrected chi connectivity index (χ4v) is 2.47. The number of aryl methyl sites for hydroxylation is 1. The molecule has 0 fully saturated rings. The van der Waals surface area contributed by atoms with Crippen molar-refractivity contribution >= 4 is 23.4 Å². The van der Waals surface area contributed by atoms with Crippen LogP contribution in [0.1, 0.15) is 11.5 Å². The van der Waals surface area contributed by atoms with Crippen LogP contribution in [0.15, 0.2) is 17.7 Å². The van der Waals surface area contributed by atoms with E-state index in [1.165, 1.54) is 0 Å². The first-order valence-corrected chi connectivity index (χ1v) is 6.26. The lowest BCUT2D eigenvalue weighted by Gasteiger charge is -2.03. The third-order valence-corrected chi connectivity index (χ3v) is 3.63. The first kappa shape index (κ1) is 11.5. The molecule has 0 aromatic carbocycles. The molecule has 0 aliphatic carbocycles. The number of thioether (sulfide) groups is 1. The molecular formula is C9H12ClN5S. The number of halogens is 1. The molecule has 5 nitrogen and oxygen atoms in total. The van der Waals surface area contributed by atoms with E-state index in [-0.39, 0.29) is 0 Å². The molecule has 0 amide bonds. The lowest BCUT2D eigenvalue weighted by atomic mass is 10.5. The third kappa shape index (κ3) is 2.22. The standard InChI is InChI=1S/C9H12ClN5S/c1-14-7(3-10)4-11-9(14)16-5-8-12-6-13-15(8)2/h4,6H,3,5H2,1-2H3. The predicted molar refractivity (Wildman–Crippen MR) is 63.3 cm³/mol. The highest BCUT2D eigenvalue weighted by molar-refractivity contribution is 7.98. The SMILES string of the molecule is Cn1ncnc1CSc1ncc(CCl)n1C. The molecule has 16 heavy (non-hydrogen) atoms. The number of hydrogen-bond acceptors (Lipinski definition) is 4. The number of rotatable bonds is 4. The van der Waals surface area contributed by atoms with Crippen LogP contribution >= 0.6 is 23.4 Å². The van der Waals surface area contributed by atoms with E-state index in [1.54, 1.807) is 29.0 Å². The highest BCUT2D eigenvalue weighted by Gasteiger charge is 2.08. The summed E-state index contributed by atoms with van der Waals surface area (Å²) in [6.07, 6.45) is 3.35. The summed E-state index contributed by atoms with van der Waals surface area (Å²) in [4.78, 5) is 8.46. The molecule has 7 heteroatoms. The van der Waals surface area contributed by atoms with Gasteiger partial charge in [-0.25, -0.2) is 9.97 Å². The van der Waals surface area contributed by atoms with E-state index in [9.17, 15) is 0 Å². The Hall–Kier alpha value is -1.01. The van der Waals surface area contributed by atoms with Crippen molar-refractivity contribution < 1.29 is 0 Å². The largest absolute Gasteiger partial charge is 0.325 e. The predicted octanol–water partition coefficient (Wildman–Crippen LogP) is 1.58. The summed E-state index contributed by atoms with van der Waals surface area (Å²) in [6, 6.07) is 0. The zero-order valence-electron chi connectivity index (χ0n) is 9.09. The van der Waals surface area contributed by atoms with E-state index in [0.29, 0.717) is 5.88 Å². The molecule has 0 bridgehead atoms. The molecule has 2 aromatic heterocycles. The number of alkyl halides is 1. The molecule has 0 saturated carbocycles. The van der Waals surface area contributed by atoms with Gasteiger partial charge in [-0.2, -0.15) is 5.10 Å². The second-order valence-electron chi connectivity index (χ2n) is 3.31. The number of aromatic nitrogens is 5. The highest BCUT2D eigenvalue weighted by Crippen LogP contribution is 2.21. The van der Waals surface area contributed by atoms with Gasteiger partial charge in [-0.1, -0.05) is 11.8 Å². The van der Waals surface area contributed by atoms with Crippen molar-refractivity contribution in [3.8, 4) is 0 Å². The summed E-state index contributed by atoms with van der Waals surface area (Å²) in [5.41, 5.74) is 1.02. The van der Waals surface area contributed by atoms with Gasteiger partial charge in [-0.15, -0.1) is 11.6 Å². The third-order valence-electron chi connectivity index (χ3n) is 2.31. The summed E-state index contributed by atoms with van der Waals surface area (Å²) >= 11 is 7.40. The van der Waals surface area contributed by atoms with Crippen molar-refractivity contribution in [3.63, 3.8) is 0 Å². The van der Waals surface area contributed by atoms with Gasteiger partial charge in [0.15, 0.2) is 5.16 Å². The van der Waals surface area contributed by atoms with Gasteiger partial charge < -0.3 is 4.57 Å². The molecule has 0 aliphatic rings. The summed E-state index contributed by atoms with van der Waals surface area (Å²) in [5.74, 6) is 2.16. The molecule has 0 unspecified atom stereocenters. The Morgan fingerprint density at radius 2 is 2.19 bits per heavy atom. The molecule has 0 atom stereocenters. The average molecular weight is 258 g/mol. The van der Waals surface area contributed by atoms with E-state index in [1.807, 2.05) is 18.7 Å². The zero-order valence-corrected chi connectivity index (χ0v) is 10.7. The van der Waals surface area contributed by atoms with Crippen molar-refractivity contribution in [2.75, 3.05) is 0 Å². The minimum atomic E-state index is 0.480. The van der Waals surface area contributed by atoms with Crippen LogP contribution in [-0.4, -0.2) is 24.3 Å². The quantitative estimate of drug-likeness (QED) is 0.616. The minimum absolute atomic E-state index is 0.480. The van der Waals surface area contributed by atoms with Crippen molar-refractivity contribution in [3.05, 3.63) is 24.0 Å². The maximum atomic E-state index is 5.77. The summed E-state index contributed by atoms with van der Waals surface area (Å²) in [6.45, 7) is 0. The topological polar surface area (TPSA) is 48.5 Å². The van der Waals surface area contributed by atoms with Crippen molar-refractivity contribution in [2.24, 2.45) is 14.1 Å². The van der Waals surface area contributed by atoms with Crippen LogP contribution in [-0.2, 0) is 25.7 Å². The lowest BCUT2D eigenvalue weighted by molar-refractivity contribution is 0.726. The Bertz CT molecular complexity index is 478. The minimum Gasteiger partial charge on any atom is -0.325 e.